The van der Waals surface area contributed by atoms with E-state index in [9.17, 15) is 0 Å². The molecular formula is Na6O10PSiV. The summed E-state index contributed by atoms with van der Waals surface area (Å²) in [6, 6.07) is 0. The average Bonchev–Trinajstić information content (AvgIpc) is 1.50. The molecule has 0 aliphatic heterocycles. The molecule has 19 heteroatoms. The molecule has 0 N–H and O–H groups in total. The van der Waals surface area contributed by atoms with Gasteiger partial charge in [-0.1, -0.05) is 0 Å². The van der Waals surface area contributed by atoms with Crippen molar-refractivity contribution in [2.75, 3.05) is 0 Å². The molecule has 0 aliphatic carbocycles. The predicted molar refractivity (Wildman–Crippen MR) is 15.4 cm³/mol. The summed E-state index contributed by atoms with van der Waals surface area (Å²) >= 11 is -3.94. The molecule has 0 bridgehead atoms. The van der Waals surface area contributed by atoms with Gasteiger partial charge in [0.05, 0.1) is 0 Å². The number of hydrogen-bond donors (Lipinski definition) is 0. The van der Waals surface area contributed by atoms with Crippen molar-refractivity contribution in [2.24, 2.45) is 0 Å². The van der Waals surface area contributed by atoms with E-state index in [1.54, 1.807) is 0 Å². The van der Waals surface area contributed by atoms with Crippen LogP contribution in [0.1, 0.15) is 0 Å². The SMILES string of the molecule is O=P([O-])([O-])[O-].O=[Si]([O-])[O-].[Na+].[Na+].[Na+].[Na+].[Na+].[Na+].[O]=[V](=[O])[O-]. The van der Waals surface area contributed by atoms with Crippen molar-refractivity contribution in [3.8, 4) is 0 Å². The first-order valence-corrected chi connectivity index (χ1v) is 6.29. The van der Waals surface area contributed by atoms with Crippen LogP contribution >= 0.6 is 7.82 Å². The summed E-state index contributed by atoms with van der Waals surface area (Å²) in [5.41, 5.74) is 0. The molecule has 0 radical (unpaired) electrons. The number of phosphoric acid groups is 1. The average molecular weight is 408 g/mol. The second-order valence-electron chi connectivity index (χ2n) is 0.921. The van der Waals surface area contributed by atoms with Crippen LogP contribution in [0.2, 0.25) is 0 Å². The van der Waals surface area contributed by atoms with Crippen LogP contribution in [0.5, 0.6) is 0 Å². The van der Waals surface area contributed by atoms with Gasteiger partial charge < -0.3 is 33.3 Å². The molecule has 0 aromatic rings. The van der Waals surface area contributed by atoms with Crippen LogP contribution in [0.4, 0.5) is 0 Å². The third kappa shape index (κ3) is 331. The molecule has 0 saturated carbocycles. The van der Waals surface area contributed by atoms with E-state index in [1.807, 2.05) is 0 Å². The third-order valence-electron chi connectivity index (χ3n) is 0. The minimum atomic E-state index is -5.39. The van der Waals surface area contributed by atoms with Gasteiger partial charge in [-0.25, -0.2) is 0 Å². The van der Waals surface area contributed by atoms with Gasteiger partial charge in [-0.3, -0.25) is 0 Å². The molecule has 0 saturated heterocycles. The molecule has 0 unspecified atom stereocenters. The van der Waals surface area contributed by atoms with E-state index in [2.05, 4.69) is 0 Å². The van der Waals surface area contributed by atoms with Crippen molar-refractivity contribution in [3.63, 3.8) is 0 Å². The Morgan fingerprint density at radius 2 is 0.789 bits per heavy atom. The molecule has 0 atom stereocenters. The molecule has 0 heterocycles. The van der Waals surface area contributed by atoms with Crippen LogP contribution in [0, 0.1) is 0 Å². The molecule has 10 nitrogen and oxygen atoms in total. The first-order chi connectivity index (χ1) is 5.46. The quantitative estimate of drug-likeness (QED) is 0.273. The molecule has 0 aromatic carbocycles. The normalized spacial score (nSPS) is 5.68. The topological polar surface area (TPSA) is 207 Å². The zero-order valence-corrected chi connectivity index (χ0v) is 26.8. The summed E-state index contributed by atoms with van der Waals surface area (Å²) in [5, 5.41) is 0. The summed E-state index contributed by atoms with van der Waals surface area (Å²) < 4.78 is 42.8. The van der Waals surface area contributed by atoms with Gasteiger partial charge >= 0.3 is 204 Å². The molecular weight excluding hydrogens is 408 g/mol. The zero-order valence-electron chi connectivity index (χ0n) is 11.5. The van der Waals surface area contributed by atoms with E-state index in [-0.39, 0.29) is 177 Å². The maximum atomic E-state index is 8.56. The van der Waals surface area contributed by atoms with E-state index in [1.165, 1.54) is 0 Å². The minimum absolute atomic E-state index is 0. The summed E-state index contributed by atoms with van der Waals surface area (Å²) in [6.07, 6.45) is 0. The van der Waals surface area contributed by atoms with Crippen molar-refractivity contribution in [2.45, 2.75) is 0 Å². The fraction of sp³-hybridized carbons (Fsp3) is 0. The van der Waals surface area contributed by atoms with E-state index >= 15 is 0 Å². The molecule has 0 aliphatic rings. The molecule has 0 spiro atoms. The zero-order chi connectivity index (χ0) is 11.7. The third-order valence-corrected chi connectivity index (χ3v) is 0. The van der Waals surface area contributed by atoms with Crippen LogP contribution in [0.3, 0.4) is 0 Å². The first kappa shape index (κ1) is 56.3. The van der Waals surface area contributed by atoms with Crippen LogP contribution in [-0.4, -0.2) is 9.17 Å². The van der Waals surface area contributed by atoms with Gasteiger partial charge in [0.2, 0.25) is 0 Å². The van der Waals surface area contributed by atoms with E-state index < -0.39 is 32.4 Å². The monoisotopic (exact) mass is 408 g/mol. The molecule has 0 fully saturated rings. The van der Waals surface area contributed by atoms with E-state index in [4.69, 9.17) is 44.7 Å². The maximum absolute atomic E-state index is 8.56. The standard InChI is InChI=1S/6Na.H3O4P.O3Si.3O.V/c;;;;;;1-5(2,3)4;1-4(2)3;;;;/h;;;;;;(H3,1,2,3,4);;;;;/q6*+1;;-2;;;-1;/p-3. The molecule has 0 rings (SSSR count). The molecule has 0 aromatic heterocycles. The Bertz CT molecular complexity index is 230. The van der Waals surface area contributed by atoms with Crippen LogP contribution < -0.4 is 206 Å². The second kappa shape index (κ2) is 39.1. The fourth-order valence-electron chi connectivity index (χ4n) is 0. The van der Waals surface area contributed by atoms with Gasteiger partial charge in [0, 0.05) is 9.17 Å². The molecule has 80 valence electrons. The summed E-state index contributed by atoms with van der Waals surface area (Å²) in [4.78, 5) is 42.7. The van der Waals surface area contributed by atoms with Crippen LogP contribution in [0.15, 0.2) is 0 Å². The molecule has 19 heavy (non-hydrogen) atoms. The predicted octanol–water partition coefficient (Wildman–Crippen LogP) is -25.1. The summed E-state index contributed by atoms with van der Waals surface area (Å²) in [6.45, 7) is 0. The van der Waals surface area contributed by atoms with E-state index in [0.717, 1.165) is 0 Å². The van der Waals surface area contributed by atoms with Gasteiger partial charge in [-0.15, -0.1) is 0 Å². The Morgan fingerprint density at radius 1 is 0.789 bits per heavy atom. The Balaban J connectivity index is -0.00000000980. The fourth-order valence-corrected chi connectivity index (χ4v) is 0. The van der Waals surface area contributed by atoms with Gasteiger partial charge in [0.25, 0.3) is 0 Å². The van der Waals surface area contributed by atoms with Crippen molar-refractivity contribution in [1.82, 2.24) is 0 Å². The van der Waals surface area contributed by atoms with Crippen molar-refractivity contribution in [3.05, 3.63) is 0 Å². The second-order valence-corrected chi connectivity index (χ2v) is 3.01. The van der Waals surface area contributed by atoms with Crippen molar-refractivity contribution in [1.29, 1.82) is 0 Å². The van der Waals surface area contributed by atoms with Crippen LogP contribution in [-0.2, 0) is 31.8 Å². The van der Waals surface area contributed by atoms with Crippen molar-refractivity contribution < 1.29 is 237 Å². The first-order valence-electron chi connectivity index (χ1n) is 1.89. The van der Waals surface area contributed by atoms with Gasteiger partial charge in [-0.05, 0) is 0 Å². The summed E-state index contributed by atoms with van der Waals surface area (Å²) in [5.74, 6) is 0. The van der Waals surface area contributed by atoms with Gasteiger partial charge in [-0.2, -0.15) is 7.82 Å². The Kier molecular flexibility index (Phi) is 116. The van der Waals surface area contributed by atoms with E-state index in [0.29, 0.717) is 0 Å². The van der Waals surface area contributed by atoms with Crippen molar-refractivity contribution >= 4 is 17.0 Å². The van der Waals surface area contributed by atoms with Gasteiger partial charge in [0.1, 0.15) is 0 Å². The van der Waals surface area contributed by atoms with Gasteiger partial charge in [0.15, 0.2) is 0 Å². The number of hydrogen-bond acceptors (Lipinski definition) is 10. The Morgan fingerprint density at radius 3 is 0.789 bits per heavy atom. The molecule has 0 amide bonds. The Labute approximate surface area is 248 Å². The Hall–Kier alpha value is 5.87. The van der Waals surface area contributed by atoms with Crippen LogP contribution in [0.25, 0.3) is 0 Å². The summed E-state index contributed by atoms with van der Waals surface area (Å²) in [7, 11) is -9.02. The number of rotatable bonds is 0.